The van der Waals surface area contributed by atoms with Crippen LogP contribution in [0.15, 0.2) is 0 Å². The Hall–Kier alpha value is -1.30. The molecule has 58 valence electrons. The van der Waals surface area contributed by atoms with E-state index in [1.807, 2.05) is 6.92 Å². The summed E-state index contributed by atoms with van der Waals surface area (Å²) in [5, 5.41) is 7.82. The van der Waals surface area contributed by atoms with E-state index in [2.05, 4.69) is 23.2 Å². The van der Waals surface area contributed by atoms with Crippen LogP contribution in [0.25, 0.3) is 0 Å². The quantitative estimate of drug-likeness (QED) is 0.582. The maximum atomic E-state index is 5.15. The van der Waals surface area contributed by atoms with Gasteiger partial charge in [0.1, 0.15) is 6.54 Å². The molecule has 0 radical (unpaired) electrons. The van der Waals surface area contributed by atoms with Crippen LogP contribution in [0.2, 0.25) is 0 Å². The SMILES string of the molecule is C#CCn1nnc(C)c1CC. The van der Waals surface area contributed by atoms with Gasteiger partial charge in [0.25, 0.3) is 0 Å². The minimum absolute atomic E-state index is 0.518. The summed E-state index contributed by atoms with van der Waals surface area (Å²) in [4.78, 5) is 0. The lowest BCUT2D eigenvalue weighted by atomic mass is 10.3. The first-order valence-corrected chi connectivity index (χ1v) is 3.62. The zero-order chi connectivity index (χ0) is 8.27. The van der Waals surface area contributed by atoms with E-state index >= 15 is 0 Å². The molecule has 0 aromatic carbocycles. The first-order chi connectivity index (χ1) is 5.29. The molecule has 1 aromatic rings. The van der Waals surface area contributed by atoms with Crippen LogP contribution >= 0.6 is 0 Å². The molecule has 0 saturated heterocycles. The van der Waals surface area contributed by atoms with E-state index in [1.54, 1.807) is 4.68 Å². The largest absolute Gasteiger partial charge is 0.237 e. The highest BCUT2D eigenvalue weighted by Crippen LogP contribution is 2.03. The standard InChI is InChI=1S/C8H11N3/c1-4-6-11-8(5-2)7(3)9-10-11/h1H,5-6H2,2-3H3. The van der Waals surface area contributed by atoms with E-state index in [0.717, 1.165) is 17.8 Å². The van der Waals surface area contributed by atoms with E-state index in [9.17, 15) is 0 Å². The lowest BCUT2D eigenvalue weighted by Crippen LogP contribution is -2.03. The van der Waals surface area contributed by atoms with Crippen molar-refractivity contribution in [2.75, 3.05) is 0 Å². The average Bonchev–Trinajstić information content (AvgIpc) is 2.33. The highest BCUT2D eigenvalue weighted by atomic mass is 15.4. The molecule has 3 heteroatoms. The van der Waals surface area contributed by atoms with Crippen LogP contribution in [0, 0.1) is 19.3 Å². The molecule has 0 fully saturated rings. The van der Waals surface area contributed by atoms with E-state index < -0.39 is 0 Å². The zero-order valence-electron chi connectivity index (χ0n) is 6.83. The Labute approximate surface area is 66.4 Å². The Morgan fingerprint density at radius 3 is 2.91 bits per heavy atom. The van der Waals surface area contributed by atoms with Gasteiger partial charge in [0, 0.05) is 0 Å². The Morgan fingerprint density at radius 1 is 1.64 bits per heavy atom. The van der Waals surface area contributed by atoms with Crippen LogP contribution in [0.1, 0.15) is 18.3 Å². The molecule has 3 nitrogen and oxygen atoms in total. The predicted octanol–water partition coefficient (Wildman–Crippen LogP) is 0.782. The Bertz CT molecular complexity index is 280. The zero-order valence-corrected chi connectivity index (χ0v) is 6.83. The number of hydrogen-bond donors (Lipinski definition) is 0. The third-order valence-corrected chi connectivity index (χ3v) is 1.61. The van der Waals surface area contributed by atoms with Crippen molar-refractivity contribution in [1.29, 1.82) is 0 Å². The van der Waals surface area contributed by atoms with Crippen LogP contribution in [0.3, 0.4) is 0 Å². The summed E-state index contributed by atoms with van der Waals surface area (Å²) in [5.74, 6) is 2.53. The predicted molar refractivity (Wildman–Crippen MR) is 43.0 cm³/mol. The van der Waals surface area contributed by atoms with E-state index in [4.69, 9.17) is 6.42 Å². The van der Waals surface area contributed by atoms with Crippen LogP contribution < -0.4 is 0 Å². The molecule has 0 atom stereocenters. The maximum absolute atomic E-state index is 5.15. The first-order valence-electron chi connectivity index (χ1n) is 3.62. The van der Waals surface area contributed by atoms with Gasteiger partial charge >= 0.3 is 0 Å². The van der Waals surface area contributed by atoms with Gasteiger partial charge in [-0.3, -0.25) is 0 Å². The average molecular weight is 149 g/mol. The number of rotatable bonds is 2. The number of aryl methyl sites for hydroxylation is 1. The van der Waals surface area contributed by atoms with E-state index in [1.165, 1.54) is 0 Å². The van der Waals surface area contributed by atoms with Crippen molar-refractivity contribution in [3.05, 3.63) is 11.4 Å². The second-order valence-corrected chi connectivity index (χ2v) is 2.34. The third-order valence-electron chi connectivity index (χ3n) is 1.61. The maximum Gasteiger partial charge on any atom is 0.103 e. The van der Waals surface area contributed by atoms with Crippen molar-refractivity contribution in [1.82, 2.24) is 15.0 Å². The van der Waals surface area contributed by atoms with Gasteiger partial charge in [-0.25, -0.2) is 4.68 Å². The number of nitrogens with zero attached hydrogens (tertiary/aromatic N) is 3. The Kier molecular flexibility index (Phi) is 2.27. The molecule has 0 unspecified atom stereocenters. The molecule has 0 aliphatic rings. The Morgan fingerprint density at radius 2 is 2.36 bits per heavy atom. The highest BCUT2D eigenvalue weighted by molar-refractivity contribution is 5.08. The molecular formula is C8H11N3. The summed E-state index contributed by atoms with van der Waals surface area (Å²) in [6.45, 7) is 4.53. The van der Waals surface area contributed by atoms with Gasteiger partial charge in [-0.15, -0.1) is 11.5 Å². The molecule has 1 rings (SSSR count). The summed E-state index contributed by atoms with van der Waals surface area (Å²) in [5.41, 5.74) is 2.10. The molecule has 0 spiro atoms. The van der Waals surface area contributed by atoms with Crippen LogP contribution in [0.5, 0.6) is 0 Å². The third kappa shape index (κ3) is 1.40. The van der Waals surface area contributed by atoms with Crippen LogP contribution in [-0.2, 0) is 13.0 Å². The normalized spacial score (nSPS) is 9.55. The molecule has 11 heavy (non-hydrogen) atoms. The number of aromatic nitrogens is 3. The number of terminal acetylenes is 1. The van der Waals surface area contributed by atoms with Gasteiger partial charge < -0.3 is 0 Å². The summed E-state index contributed by atoms with van der Waals surface area (Å²) < 4.78 is 1.76. The van der Waals surface area contributed by atoms with E-state index in [0.29, 0.717) is 6.54 Å². The van der Waals surface area contributed by atoms with Gasteiger partial charge in [-0.05, 0) is 13.3 Å². The fourth-order valence-corrected chi connectivity index (χ4v) is 1.07. The lowest BCUT2D eigenvalue weighted by Gasteiger charge is -1.98. The fraction of sp³-hybridized carbons (Fsp3) is 0.500. The van der Waals surface area contributed by atoms with Gasteiger partial charge in [0.05, 0.1) is 11.4 Å². The molecule has 0 aliphatic heterocycles. The van der Waals surface area contributed by atoms with Gasteiger partial charge in [-0.1, -0.05) is 18.1 Å². The molecule has 1 aromatic heterocycles. The molecule has 0 aliphatic carbocycles. The first kappa shape index (κ1) is 7.80. The summed E-state index contributed by atoms with van der Waals surface area (Å²) in [6, 6.07) is 0. The highest BCUT2D eigenvalue weighted by Gasteiger charge is 2.04. The summed E-state index contributed by atoms with van der Waals surface area (Å²) in [6.07, 6.45) is 6.09. The number of hydrogen-bond acceptors (Lipinski definition) is 2. The second kappa shape index (κ2) is 3.20. The van der Waals surface area contributed by atoms with Crippen LogP contribution in [0.4, 0.5) is 0 Å². The molecule has 0 N–H and O–H groups in total. The van der Waals surface area contributed by atoms with Crippen molar-refractivity contribution in [2.45, 2.75) is 26.8 Å². The lowest BCUT2D eigenvalue weighted by molar-refractivity contribution is 0.643. The molecule has 1 heterocycles. The summed E-state index contributed by atoms with van der Waals surface area (Å²) >= 11 is 0. The molecule has 0 amide bonds. The smallest absolute Gasteiger partial charge is 0.103 e. The van der Waals surface area contributed by atoms with Crippen LogP contribution in [-0.4, -0.2) is 15.0 Å². The van der Waals surface area contributed by atoms with E-state index in [-0.39, 0.29) is 0 Å². The molecule has 0 bridgehead atoms. The van der Waals surface area contributed by atoms with Gasteiger partial charge in [-0.2, -0.15) is 0 Å². The minimum atomic E-state index is 0.518. The summed E-state index contributed by atoms with van der Waals surface area (Å²) in [7, 11) is 0. The fourth-order valence-electron chi connectivity index (χ4n) is 1.07. The minimum Gasteiger partial charge on any atom is -0.237 e. The molecular weight excluding hydrogens is 138 g/mol. The van der Waals surface area contributed by atoms with Gasteiger partial charge in [0.2, 0.25) is 0 Å². The second-order valence-electron chi connectivity index (χ2n) is 2.34. The monoisotopic (exact) mass is 149 g/mol. The van der Waals surface area contributed by atoms with Crippen molar-refractivity contribution in [3.8, 4) is 12.3 Å². The topological polar surface area (TPSA) is 30.7 Å². The molecule has 0 saturated carbocycles. The Balaban J connectivity index is 2.97. The van der Waals surface area contributed by atoms with Crippen molar-refractivity contribution in [2.24, 2.45) is 0 Å². The van der Waals surface area contributed by atoms with Crippen molar-refractivity contribution in [3.63, 3.8) is 0 Å². The van der Waals surface area contributed by atoms with Crippen molar-refractivity contribution >= 4 is 0 Å². The van der Waals surface area contributed by atoms with Crippen molar-refractivity contribution < 1.29 is 0 Å². The van der Waals surface area contributed by atoms with Gasteiger partial charge in [0.15, 0.2) is 0 Å².